The highest BCUT2D eigenvalue weighted by atomic mass is 16.3. The van der Waals surface area contributed by atoms with E-state index in [1.54, 1.807) is 12.1 Å². The molecule has 34 heavy (non-hydrogen) atoms. The van der Waals surface area contributed by atoms with Crippen LogP contribution in [0.2, 0.25) is 0 Å². The molecule has 1 aliphatic rings. The summed E-state index contributed by atoms with van der Waals surface area (Å²) >= 11 is 0. The molecule has 10 heteroatoms. The molecular formula is C24H38N8O2. The van der Waals surface area contributed by atoms with Gasteiger partial charge in [-0.25, -0.2) is 0 Å². The Bertz CT molecular complexity index is 1010. The number of aryl methyl sites for hydroxylation is 1. The van der Waals surface area contributed by atoms with Gasteiger partial charge in [-0.1, -0.05) is 26.8 Å². The number of primary amides is 1. The van der Waals surface area contributed by atoms with E-state index in [1.807, 2.05) is 31.9 Å². The summed E-state index contributed by atoms with van der Waals surface area (Å²) in [7, 11) is 1.97. The Kier molecular flexibility index (Phi) is 7.93. The molecule has 0 radical (unpaired) electrons. The first-order valence-corrected chi connectivity index (χ1v) is 11.7. The minimum absolute atomic E-state index is 0.0569. The number of carbonyl (C=O) groups is 1. The topological polar surface area (TPSA) is 133 Å². The van der Waals surface area contributed by atoms with E-state index in [4.69, 9.17) is 10.7 Å². The average molecular weight is 471 g/mol. The van der Waals surface area contributed by atoms with Gasteiger partial charge >= 0.3 is 0 Å². The van der Waals surface area contributed by atoms with Gasteiger partial charge in [0.25, 0.3) is 0 Å². The Labute approximate surface area is 202 Å². The van der Waals surface area contributed by atoms with Crippen LogP contribution in [-0.2, 0) is 0 Å². The molecule has 10 nitrogen and oxygen atoms in total. The number of aliphatic hydroxyl groups excluding tert-OH is 1. The summed E-state index contributed by atoms with van der Waals surface area (Å²) in [6.45, 7) is 13.1. The number of aromatic nitrogens is 3. The summed E-state index contributed by atoms with van der Waals surface area (Å²) < 4.78 is 0. The second kappa shape index (κ2) is 10.5. The Morgan fingerprint density at radius 2 is 2.00 bits per heavy atom. The zero-order valence-electron chi connectivity index (χ0n) is 21.1. The molecule has 2 aromatic rings. The molecule has 0 aliphatic carbocycles. The first-order chi connectivity index (χ1) is 15.9. The number of benzene rings is 1. The molecule has 1 aliphatic heterocycles. The smallest absolute Gasteiger partial charge is 0.248 e. The van der Waals surface area contributed by atoms with Crippen molar-refractivity contribution in [2.24, 2.45) is 11.1 Å². The van der Waals surface area contributed by atoms with Crippen LogP contribution in [0.4, 0.5) is 23.5 Å². The highest BCUT2D eigenvalue weighted by molar-refractivity contribution is 5.94. The lowest BCUT2D eigenvalue weighted by molar-refractivity contribution is 0.100. The van der Waals surface area contributed by atoms with Gasteiger partial charge in [0.1, 0.15) is 0 Å². The summed E-state index contributed by atoms with van der Waals surface area (Å²) in [5, 5.41) is 16.2. The molecule has 2 atom stereocenters. The minimum Gasteiger partial charge on any atom is -0.395 e. The van der Waals surface area contributed by atoms with E-state index < -0.39 is 5.91 Å². The van der Waals surface area contributed by atoms with Crippen molar-refractivity contribution >= 4 is 29.4 Å². The number of rotatable bonds is 9. The highest BCUT2D eigenvalue weighted by Gasteiger charge is 2.27. The summed E-state index contributed by atoms with van der Waals surface area (Å²) in [6, 6.07) is 5.54. The van der Waals surface area contributed by atoms with E-state index in [0.29, 0.717) is 29.1 Å². The Balaban J connectivity index is 1.89. The fourth-order valence-electron chi connectivity index (χ4n) is 4.07. The molecule has 1 fully saturated rings. The predicted octanol–water partition coefficient (Wildman–Crippen LogP) is 2.37. The fraction of sp³-hybridized carbons (Fsp3) is 0.583. The minimum atomic E-state index is -0.491. The Morgan fingerprint density at radius 3 is 2.65 bits per heavy atom. The second-order valence-corrected chi connectivity index (χ2v) is 10.4. The van der Waals surface area contributed by atoms with E-state index in [-0.39, 0.29) is 24.1 Å². The van der Waals surface area contributed by atoms with Gasteiger partial charge in [0.2, 0.25) is 23.8 Å². The molecule has 0 spiro atoms. The van der Waals surface area contributed by atoms with Gasteiger partial charge in [-0.05, 0) is 43.4 Å². The number of nitrogens with two attached hydrogens (primary N) is 1. The molecule has 1 saturated heterocycles. The number of anilines is 4. The normalized spacial score (nSPS) is 17.4. The molecule has 0 saturated carbocycles. The number of nitrogens with one attached hydrogen (secondary N) is 2. The van der Waals surface area contributed by atoms with Crippen molar-refractivity contribution in [2.75, 3.05) is 48.8 Å². The quantitative estimate of drug-likeness (QED) is 0.436. The zero-order chi connectivity index (χ0) is 25.0. The maximum absolute atomic E-state index is 11.7. The van der Waals surface area contributed by atoms with Crippen LogP contribution in [-0.4, -0.2) is 76.2 Å². The van der Waals surface area contributed by atoms with E-state index in [2.05, 4.69) is 46.3 Å². The van der Waals surface area contributed by atoms with Crippen molar-refractivity contribution in [2.45, 2.75) is 53.1 Å². The van der Waals surface area contributed by atoms with Crippen LogP contribution in [0.1, 0.15) is 50.0 Å². The van der Waals surface area contributed by atoms with E-state index >= 15 is 0 Å². The molecule has 1 unspecified atom stereocenters. The Hall–Kier alpha value is -2.98. The molecule has 1 aromatic carbocycles. The highest BCUT2D eigenvalue weighted by Crippen LogP contribution is 2.24. The fourth-order valence-corrected chi connectivity index (χ4v) is 4.07. The first-order valence-electron chi connectivity index (χ1n) is 11.7. The van der Waals surface area contributed by atoms with E-state index in [1.165, 1.54) is 0 Å². The van der Waals surface area contributed by atoms with Crippen molar-refractivity contribution in [1.82, 2.24) is 19.9 Å². The molecule has 186 valence electrons. The van der Waals surface area contributed by atoms with Gasteiger partial charge in [0, 0.05) is 50.0 Å². The van der Waals surface area contributed by atoms with Crippen LogP contribution in [0.25, 0.3) is 0 Å². The number of amides is 1. The lowest BCUT2D eigenvalue weighted by atomic mass is 9.96. The SMILES string of the molecule is Cc1ccc(C(N)=O)cc1Nc1nc(N[C@H]2CCN(C(C)CO)C2)nc(N(C)CC(C)(C)C)n1. The molecule has 1 amide bonds. The standard InChI is InChI=1S/C24H38N8O2/c1-15-7-8-17(20(25)34)11-19(15)27-22-28-21(26-18-9-10-32(12-18)16(2)13-33)29-23(30-22)31(6)14-24(3,4)5/h7-8,11,16,18,33H,9-10,12-14H2,1-6H3,(H2,25,34)(H2,26,27,28,29,30)/t16?,18-/m0/s1. The number of hydrogen-bond acceptors (Lipinski definition) is 9. The third-order valence-electron chi connectivity index (χ3n) is 5.89. The number of hydrogen-bond donors (Lipinski definition) is 4. The van der Waals surface area contributed by atoms with Gasteiger partial charge < -0.3 is 26.4 Å². The van der Waals surface area contributed by atoms with Crippen molar-refractivity contribution < 1.29 is 9.90 Å². The van der Waals surface area contributed by atoms with Gasteiger partial charge in [-0.2, -0.15) is 15.0 Å². The maximum Gasteiger partial charge on any atom is 0.248 e. The largest absolute Gasteiger partial charge is 0.395 e. The van der Waals surface area contributed by atoms with Crippen molar-refractivity contribution in [1.29, 1.82) is 0 Å². The Morgan fingerprint density at radius 1 is 1.29 bits per heavy atom. The van der Waals surface area contributed by atoms with E-state index in [0.717, 1.165) is 31.6 Å². The second-order valence-electron chi connectivity index (χ2n) is 10.4. The van der Waals surface area contributed by atoms with Crippen LogP contribution in [0.5, 0.6) is 0 Å². The molecule has 3 rings (SSSR count). The number of nitrogens with zero attached hydrogens (tertiary/aromatic N) is 5. The maximum atomic E-state index is 11.7. The number of aliphatic hydroxyl groups is 1. The van der Waals surface area contributed by atoms with Crippen LogP contribution in [0.15, 0.2) is 18.2 Å². The van der Waals surface area contributed by atoms with Crippen molar-refractivity contribution in [3.05, 3.63) is 29.3 Å². The van der Waals surface area contributed by atoms with Crippen molar-refractivity contribution in [3.63, 3.8) is 0 Å². The monoisotopic (exact) mass is 470 g/mol. The number of likely N-dealkylation sites (tertiary alicyclic amines) is 1. The molecule has 1 aromatic heterocycles. The third-order valence-corrected chi connectivity index (χ3v) is 5.89. The van der Waals surface area contributed by atoms with Crippen LogP contribution in [0.3, 0.4) is 0 Å². The van der Waals surface area contributed by atoms with Crippen molar-refractivity contribution in [3.8, 4) is 0 Å². The van der Waals surface area contributed by atoms with Gasteiger partial charge in [0.05, 0.1) is 6.61 Å². The summed E-state index contributed by atoms with van der Waals surface area (Å²) in [6.07, 6.45) is 0.936. The molecule has 0 bridgehead atoms. The van der Waals surface area contributed by atoms with Gasteiger partial charge in [-0.15, -0.1) is 0 Å². The number of carbonyl (C=O) groups excluding carboxylic acids is 1. The van der Waals surface area contributed by atoms with Crippen LogP contribution >= 0.6 is 0 Å². The molecule has 5 N–H and O–H groups in total. The summed E-state index contributed by atoms with van der Waals surface area (Å²) in [5.41, 5.74) is 7.58. The average Bonchev–Trinajstić information content (AvgIpc) is 3.21. The summed E-state index contributed by atoms with van der Waals surface area (Å²) in [4.78, 5) is 29.9. The van der Waals surface area contributed by atoms with Gasteiger partial charge in [-0.3, -0.25) is 9.69 Å². The predicted molar refractivity (Wildman–Crippen MR) is 136 cm³/mol. The van der Waals surface area contributed by atoms with Crippen LogP contribution in [0, 0.1) is 12.3 Å². The lowest BCUT2D eigenvalue weighted by Gasteiger charge is -2.27. The molecule has 2 heterocycles. The lowest BCUT2D eigenvalue weighted by Crippen LogP contribution is -2.35. The van der Waals surface area contributed by atoms with Crippen LogP contribution < -0.4 is 21.3 Å². The van der Waals surface area contributed by atoms with E-state index in [9.17, 15) is 9.90 Å². The molecular weight excluding hydrogens is 432 g/mol. The summed E-state index contributed by atoms with van der Waals surface area (Å²) in [5.74, 6) is 0.934. The first kappa shape index (κ1) is 25.6. The zero-order valence-corrected chi connectivity index (χ0v) is 21.1. The van der Waals surface area contributed by atoms with Gasteiger partial charge in [0.15, 0.2) is 0 Å². The third kappa shape index (κ3) is 6.77.